The second kappa shape index (κ2) is 8.33. The highest BCUT2D eigenvalue weighted by Crippen LogP contribution is 2.27. The molecule has 3 nitrogen and oxygen atoms in total. The number of hydrogen-bond donors (Lipinski definition) is 1. The molecule has 0 spiro atoms. The Morgan fingerprint density at radius 1 is 0.963 bits per heavy atom. The average molecular weight is 374 g/mol. The molecule has 4 heteroatoms. The molecule has 0 saturated heterocycles. The smallest absolute Gasteiger partial charge is 0.107 e. The minimum atomic E-state index is 0.292. The Bertz CT molecular complexity index is 960. The largest absolute Gasteiger partial charge is 0.306 e. The third-order valence-corrected chi connectivity index (χ3v) is 5.55. The molecule has 1 N–H and O–H groups in total. The van der Waals surface area contributed by atoms with E-state index in [4.69, 9.17) is 5.10 Å². The van der Waals surface area contributed by atoms with Gasteiger partial charge in [-0.1, -0.05) is 66.7 Å². The maximum atomic E-state index is 4.89. The summed E-state index contributed by atoms with van der Waals surface area (Å²) in [4.78, 5) is 1.21. The van der Waals surface area contributed by atoms with E-state index in [0.29, 0.717) is 6.04 Å². The normalized spacial score (nSPS) is 12.2. The van der Waals surface area contributed by atoms with Crippen LogP contribution in [0.15, 0.2) is 84.4 Å². The lowest BCUT2D eigenvalue weighted by molar-refractivity contribution is 0.574. The molecule has 4 rings (SSSR count). The SMILES string of the molecule is CC(NCc1cn(Cc2ccccc2)nc1-c1cccs1)c1ccccc1. The Labute approximate surface area is 164 Å². The number of aromatic nitrogens is 2. The summed E-state index contributed by atoms with van der Waals surface area (Å²) in [5.41, 5.74) is 4.87. The molecule has 0 saturated carbocycles. The molecule has 4 aromatic rings. The van der Waals surface area contributed by atoms with E-state index in [2.05, 4.69) is 95.2 Å². The fourth-order valence-corrected chi connectivity index (χ4v) is 3.93. The van der Waals surface area contributed by atoms with Gasteiger partial charge in [0.2, 0.25) is 0 Å². The number of rotatable bonds is 7. The van der Waals surface area contributed by atoms with Crippen LogP contribution in [0.5, 0.6) is 0 Å². The van der Waals surface area contributed by atoms with Gasteiger partial charge in [-0.25, -0.2) is 0 Å². The summed E-state index contributed by atoms with van der Waals surface area (Å²) in [7, 11) is 0. The van der Waals surface area contributed by atoms with Gasteiger partial charge in [0.05, 0.1) is 11.4 Å². The van der Waals surface area contributed by atoms with Crippen LogP contribution in [0, 0.1) is 0 Å². The summed E-state index contributed by atoms with van der Waals surface area (Å²) >= 11 is 1.74. The molecule has 27 heavy (non-hydrogen) atoms. The van der Waals surface area contributed by atoms with Crippen molar-refractivity contribution >= 4 is 11.3 Å². The van der Waals surface area contributed by atoms with E-state index >= 15 is 0 Å². The van der Waals surface area contributed by atoms with E-state index in [1.54, 1.807) is 11.3 Å². The van der Waals surface area contributed by atoms with E-state index in [9.17, 15) is 0 Å². The van der Waals surface area contributed by atoms with Gasteiger partial charge in [0.1, 0.15) is 5.69 Å². The molecule has 0 aliphatic rings. The molecule has 0 bridgehead atoms. The summed E-state index contributed by atoms with van der Waals surface area (Å²) < 4.78 is 2.05. The average Bonchev–Trinajstić information content (AvgIpc) is 3.37. The molecule has 2 heterocycles. The van der Waals surface area contributed by atoms with Gasteiger partial charge in [-0.3, -0.25) is 4.68 Å². The first-order valence-corrected chi connectivity index (χ1v) is 10.1. The molecule has 0 radical (unpaired) electrons. The zero-order valence-electron chi connectivity index (χ0n) is 15.4. The number of hydrogen-bond acceptors (Lipinski definition) is 3. The van der Waals surface area contributed by atoms with Crippen molar-refractivity contribution in [1.82, 2.24) is 15.1 Å². The maximum absolute atomic E-state index is 4.89. The summed E-state index contributed by atoms with van der Waals surface area (Å²) in [5.74, 6) is 0. The van der Waals surface area contributed by atoms with Gasteiger partial charge < -0.3 is 5.32 Å². The minimum Gasteiger partial charge on any atom is -0.306 e. The third-order valence-electron chi connectivity index (χ3n) is 4.68. The molecule has 1 unspecified atom stereocenters. The molecule has 2 aromatic carbocycles. The van der Waals surface area contributed by atoms with Gasteiger partial charge in [-0.15, -0.1) is 11.3 Å². The molecule has 1 atom stereocenters. The van der Waals surface area contributed by atoms with Crippen LogP contribution < -0.4 is 5.32 Å². The molecule has 0 amide bonds. The molecule has 0 aliphatic heterocycles. The first-order valence-electron chi connectivity index (χ1n) is 9.22. The van der Waals surface area contributed by atoms with E-state index in [-0.39, 0.29) is 0 Å². The molecule has 136 valence electrons. The Morgan fingerprint density at radius 3 is 2.41 bits per heavy atom. The van der Waals surface area contributed by atoms with Crippen molar-refractivity contribution in [3.63, 3.8) is 0 Å². The quantitative estimate of drug-likeness (QED) is 0.463. The predicted octanol–water partition coefficient (Wildman–Crippen LogP) is 5.51. The van der Waals surface area contributed by atoms with Crippen LogP contribution in [-0.2, 0) is 13.1 Å². The molecule has 0 fully saturated rings. The van der Waals surface area contributed by atoms with E-state index in [1.165, 1.54) is 21.6 Å². The zero-order valence-corrected chi connectivity index (χ0v) is 16.2. The first kappa shape index (κ1) is 17.7. The summed E-state index contributed by atoms with van der Waals surface area (Å²) in [6.45, 7) is 3.78. The highest BCUT2D eigenvalue weighted by Gasteiger charge is 2.14. The van der Waals surface area contributed by atoms with Crippen molar-refractivity contribution in [2.24, 2.45) is 0 Å². The van der Waals surface area contributed by atoms with Crippen molar-refractivity contribution in [2.75, 3.05) is 0 Å². The van der Waals surface area contributed by atoms with Crippen LogP contribution in [0.25, 0.3) is 10.6 Å². The summed E-state index contributed by atoms with van der Waals surface area (Å²) in [6, 6.07) is 25.5. The Hall–Kier alpha value is -2.69. The van der Waals surface area contributed by atoms with Crippen molar-refractivity contribution < 1.29 is 0 Å². The van der Waals surface area contributed by atoms with Gasteiger partial charge in [-0.2, -0.15) is 5.10 Å². The fourth-order valence-electron chi connectivity index (χ4n) is 3.19. The molecule has 0 aliphatic carbocycles. The molecule has 2 aromatic heterocycles. The van der Waals surface area contributed by atoms with Crippen molar-refractivity contribution in [3.8, 4) is 10.6 Å². The first-order chi connectivity index (χ1) is 13.3. The fraction of sp³-hybridized carbons (Fsp3) is 0.174. The van der Waals surface area contributed by atoms with E-state index < -0.39 is 0 Å². The van der Waals surface area contributed by atoms with Gasteiger partial charge in [0.25, 0.3) is 0 Å². The number of nitrogens with one attached hydrogen (secondary N) is 1. The lowest BCUT2D eigenvalue weighted by Gasteiger charge is -2.14. The van der Waals surface area contributed by atoms with E-state index in [1.807, 2.05) is 6.07 Å². The van der Waals surface area contributed by atoms with Crippen LogP contribution in [0.2, 0.25) is 0 Å². The van der Waals surface area contributed by atoms with Gasteiger partial charge in [0, 0.05) is 24.3 Å². The highest BCUT2D eigenvalue weighted by molar-refractivity contribution is 7.13. The number of thiophene rings is 1. The Morgan fingerprint density at radius 2 is 1.70 bits per heavy atom. The standard InChI is InChI=1S/C23H23N3S/c1-18(20-11-6-3-7-12-20)24-15-21-17-26(16-19-9-4-2-5-10-19)25-23(21)22-13-8-14-27-22/h2-14,17-18,24H,15-16H2,1H3. The molecular weight excluding hydrogens is 350 g/mol. The topological polar surface area (TPSA) is 29.9 Å². The van der Waals surface area contributed by atoms with Crippen LogP contribution >= 0.6 is 11.3 Å². The predicted molar refractivity (Wildman–Crippen MR) is 113 cm³/mol. The number of benzene rings is 2. The van der Waals surface area contributed by atoms with E-state index in [0.717, 1.165) is 18.8 Å². The Balaban J connectivity index is 1.55. The zero-order chi connectivity index (χ0) is 18.5. The van der Waals surface area contributed by atoms with Crippen LogP contribution in [0.1, 0.15) is 29.7 Å². The lowest BCUT2D eigenvalue weighted by Crippen LogP contribution is -2.18. The number of nitrogens with zero attached hydrogens (tertiary/aromatic N) is 2. The van der Waals surface area contributed by atoms with Crippen molar-refractivity contribution in [1.29, 1.82) is 0 Å². The third kappa shape index (κ3) is 4.35. The molecular formula is C23H23N3S. The van der Waals surface area contributed by atoms with Gasteiger partial charge in [-0.05, 0) is 29.5 Å². The minimum absolute atomic E-state index is 0.292. The monoisotopic (exact) mass is 373 g/mol. The lowest BCUT2D eigenvalue weighted by atomic mass is 10.1. The van der Waals surface area contributed by atoms with Crippen LogP contribution in [0.4, 0.5) is 0 Å². The van der Waals surface area contributed by atoms with Crippen LogP contribution in [-0.4, -0.2) is 9.78 Å². The highest BCUT2D eigenvalue weighted by atomic mass is 32.1. The Kier molecular flexibility index (Phi) is 5.47. The van der Waals surface area contributed by atoms with Crippen molar-refractivity contribution in [3.05, 3.63) is 101 Å². The maximum Gasteiger partial charge on any atom is 0.107 e. The second-order valence-corrected chi connectivity index (χ2v) is 7.62. The second-order valence-electron chi connectivity index (χ2n) is 6.68. The van der Waals surface area contributed by atoms with Gasteiger partial charge in [0.15, 0.2) is 0 Å². The van der Waals surface area contributed by atoms with Gasteiger partial charge >= 0.3 is 0 Å². The summed E-state index contributed by atoms with van der Waals surface area (Å²) in [5, 5.41) is 10.6. The van der Waals surface area contributed by atoms with Crippen LogP contribution in [0.3, 0.4) is 0 Å². The summed E-state index contributed by atoms with van der Waals surface area (Å²) in [6.07, 6.45) is 2.17. The van der Waals surface area contributed by atoms with Crippen molar-refractivity contribution in [2.45, 2.75) is 26.1 Å².